The number of unbranched alkanes of at least 4 members (excludes halogenated alkanes) is 4. The van der Waals surface area contributed by atoms with Crippen LogP contribution in [0.1, 0.15) is 117 Å². The maximum Gasteiger partial charge on any atom is 0.394 e. The normalized spacial score (nSPS) is 33.3. The van der Waals surface area contributed by atoms with E-state index in [2.05, 4.69) is 13.8 Å². The van der Waals surface area contributed by atoms with Crippen molar-refractivity contribution in [2.45, 2.75) is 123 Å². The molecule has 0 aromatic carbocycles. The summed E-state index contributed by atoms with van der Waals surface area (Å²) >= 11 is 0. The van der Waals surface area contributed by atoms with Crippen LogP contribution in [0.3, 0.4) is 0 Å². The number of hydrogen-bond acceptors (Lipinski definition) is 0. The molecule has 0 nitrogen and oxygen atoms in total. The second-order valence-electron chi connectivity index (χ2n) is 9.35. The zero-order valence-corrected chi connectivity index (χ0v) is 17.2. The van der Waals surface area contributed by atoms with Gasteiger partial charge in [0.05, 0.1) is 5.41 Å². The van der Waals surface area contributed by atoms with E-state index in [0.29, 0.717) is 31.1 Å². The zero-order chi connectivity index (χ0) is 19.0. The Kier molecular flexibility index (Phi) is 8.80. The van der Waals surface area contributed by atoms with E-state index in [0.717, 1.165) is 50.9 Å². The monoisotopic (exact) mass is 374 g/mol. The molecule has 0 aromatic rings. The fourth-order valence-electron chi connectivity index (χ4n) is 5.76. The molecule has 0 heterocycles. The van der Waals surface area contributed by atoms with Crippen molar-refractivity contribution in [1.82, 2.24) is 0 Å². The second-order valence-corrected chi connectivity index (χ2v) is 9.35. The Morgan fingerprint density at radius 2 is 1.31 bits per heavy atom. The molecule has 2 aliphatic carbocycles. The third kappa shape index (κ3) is 5.89. The van der Waals surface area contributed by atoms with E-state index < -0.39 is 11.6 Å². The molecule has 3 heteroatoms. The molecule has 26 heavy (non-hydrogen) atoms. The summed E-state index contributed by atoms with van der Waals surface area (Å²) in [5.74, 6) is 2.16. The number of hydrogen-bond donors (Lipinski definition) is 0. The van der Waals surface area contributed by atoms with Crippen LogP contribution in [0.2, 0.25) is 0 Å². The molecule has 0 atom stereocenters. The molecule has 2 fully saturated rings. The van der Waals surface area contributed by atoms with Crippen LogP contribution in [0.25, 0.3) is 0 Å². The van der Waals surface area contributed by atoms with Gasteiger partial charge in [-0.2, -0.15) is 13.2 Å². The first-order valence-electron chi connectivity index (χ1n) is 11.5. The molecular weight excluding hydrogens is 333 g/mol. The lowest BCUT2D eigenvalue weighted by atomic mass is 9.62. The van der Waals surface area contributed by atoms with Gasteiger partial charge in [0, 0.05) is 0 Å². The van der Waals surface area contributed by atoms with Gasteiger partial charge in [-0.1, -0.05) is 71.6 Å². The van der Waals surface area contributed by atoms with Crippen molar-refractivity contribution in [3.05, 3.63) is 0 Å². The highest BCUT2D eigenvalue weighted by atomic mass is 19.4. The van der Waals surface area contributed by atoms with E-state index in [1.807, 2.05) is 0 Å². The minimum atomic E-state index is -4.01. The third-order valence-corrected chi connectivity index (χ3v) is 7.60. The summed E-state index contributed by atoms with van der Waals surface area (Å²) in [6, 6.07) is 0. The highest BCUT2D eigenvalue weighted by Crippen LogP contribution is 2.55. The van der Waals surface area contributed by atoms with E-state index in [9.17, 15) is 13.2 Å². The van der Waals surface area contributed by atoms with Gasteiger partial charge in [-0.05, 0) is 62.7 Å². The summed E-state index contributed by atoms with van der Waals surface area (Å²) in [5.41, 5.74) is -1.37. The average Bonchev–Trinajstić information content (AvgIpc) is 2.62. The Hall–Kier alpha value is -0.210. The van der Waals surface area contributed by atoms with Gasteiger partial charge < -0.3 is 0 Å². The summed E-state index contributed by atoms with van der Waals surface area (Å²) in [7, 11) is 0. The molecule has 2 aliphatic rings. The van der Waals surface area contributed by atoms with Crippen molar-refractivity contribution in [1.29, 1.82) is 0 Å². The van der Waals surface area contributed by atoms with Gasteiger partial charge in [0.1, 0.15) is 0 Å². The highest BCUT2D eigenvalue weighted by molar-refractivity contribution is 4.93. The minimum absolute atomic E-state index is 0.371. The average molecular weight is 375 g/mol. The zero-order valence-electron chi connectivity index (χ0n) is 17.2. The van der Waals surface area contributed by atoms with Crippen LogP contribution in [0.15, 0.2) is 0 Å². The predicted molar refractivity (Wildman–Crippen MR) is 104 cm³/mol. The van der Waals surface area contributed by atoms with Gasteiger partial charge in [0.2, 0.25) is 0 Å². The Bertz CT molecular complexity index is 371. The van der Waals surface area contributed by atoms with Crippen molar-refractivity contribution < 1.29 is 13.2 Å². The van der Waals surface area contributed by atoms with Crippen molar-refractivity contribution in [3.63, 3.8) is 0 Å². The quantitative estimate of drug-likeness (QED) is 0.354. The second kappa shape index (κ2) is 10.4. The molecule has 154 valence electrons. The minimum Gasteiger partial charge on any atom is -0.171 e. The molecule has 0 amide bonds. The number of alkyl halides is 3. The van der Waals surface area contributed by atoms with Crippen molar-refractivity contribution in [2.75, 3.05) is 0 Å². The van der Waals surface area contributed by atoms with Crippen LogP contribution < -0.4 is 0 Å². The number of halogens is 3. The molecule has 0 saturated heterocycles. The Labute approximate surface area is 159 Å². The summed E-state index contributed by atoms with van der Waals surface area (Å²) in [6.45, 7) is 4.40. The first-order chi connectivity index (χ1) is 12.4. The summed E-state index contributed by atoms with van der Waals surface area (Å²) in [6.07, 6.45) is 11.7. The molecular formula is C23H41F3. The summed E-state index contributed by atoms with van der Waals surface area (Å²) in [4.78, 5) is 0. The fourth-order valence-corrected chi connectivity index (χ4v) is 5.76. The lowest BCUT2D eigenvalue weighted by Gasteiger charge is -2.44. The van der Waals surface area contributed by atoms with E-state index in [1.54, 1.807) is 0 Å². The maximum absolute atomic E-state index is 13.9. The largest absolute Gasteiger partial charge is 0.394 e. The first-order valence-corrected chi connectivity index (χ1v) is 11.5. The van der Waals surface area contributed by atoms with Gasteiger partial charge in [0.25, 0.3) is 0 Å². The molecule has 0 bridgehead atoms. The molecule has 0 aliphatic heterocycles. The van der Waals surface area contributed by atoms with Crippen molar-refractivity contribution in [2.24, 2.45) is 23.2 Å². The van der Waals surface area contributed by atoms with Crippen LogP contribution in [-0.2, 0) is 0 Å². The highest BCUT2D eigenvalue weighted by Gasteiger charge is 2.55. The third-order valence-electron chi connectivity index (χ3n) is 7.60. The van der Waals surface area contributed by atoms with Gasteiger partial charge >= 0.3 is 6.18 Å². The smallest absolute Gasteiger partial charge is 0.171 e. The Morgan fingerprint density at radius 1 is 0.731 bits per heavy atom. The van der Waals surface area contributed by atoms with Crippen LogP contribution in [0.5, 0.6) is 0 Å². The molecule has 0 aromatic heterocycles. The van der Waals surface area contributed by atoms with E-state index in [4.69, 9.17) is 0 Å². The fraction of sp³-hybridized carbons (Fsp3) is 1.00. The van der Waals surface area contributed by atoms with E-state index in [-0.39, 0.29) is 0 Å². The van der Waals surface area contributed by atoms with Crippen molar-refractivity contribution in [3.8, 4) is 0 Å². The molecule has 0 unspecified atom stereocenters. The molecule has 2 rings (SSSR count). The van der Waals surface area contributed by atoms with Crippen LogP contribution in [-0.4, -0.2) is 6.18 Å². The first kappa shape index (κ1) is 22.1. The maximum atomic E-state index is 13.9. The van der Waals surface area contributed by atoms with Crippen LogP contribution >= 0.6 is 0 Å². The predicted octanol–water partition coefficient (Wildman–Crippen LogP) is 8.69. The van der Waals surface area contributed by atoms with Gasteiger partial charge in [-0.15, -0.1) is 0 Å². The number of rotatable bonds is 9. The molecule has 0 radical (unpaired) electrons. The van der Waals surface area contributed by atoms with Crippen LogP contribution in [0.4, 0.5) is 13.2 Å². The van der Waals surface area contributed by atoms with Gasteiger partial charge in [0.15, 0.2) is 0 Å². The topological polar surface area (TPSA) is 0 Å². The standard InChI is InChI=1S/C23H41F3/c1-3-5-6-7-8-16-22(23(24,25)26)17-14-21(15-18-22)20-12-10-19(9-4-2)11-13-20/h19-21H,3-18H2,1-2H3. The van der Waals surface area contributed by atoms with E-state index >= 15 is 0 Å². The lowest BCUT2D eigenvalue weighted by Crippen LogP contribution is -2.42. The SMILES string of the molecule is CCCCCCCC1(C(F)(F)F)CCC(C2CCC(CCC)CC2)CC1. The van der Waals surface area contributed by atoms with Gasteiger partial charge in [-0.25, -0.2) is 0 Å². The molecule has 2 saturated carbocycles. The molecule has 0 N–H and O–H groups in total. The van der Waals surface area contributed by atoms with Crippen molar-refractivity contribution >= 4 is 0 Å². The summed E-state index contributed by atoms with van der Waals surface area (Å²) in [5, 5.41) is 0. The molecule has 0 spiro atoms. The van der Waals surface area contributed by atoms with E-state index in [1.165, 1.54) is 38.5 Å². The Morgan fingerprint density at radius 3 is 1.85 bits per heavy atom. The van der Waals surface area contributed by atoms with Gasteiger partial charge in [-0.3, -0.25) is 0 Å². The Balaban J connectivity index is 1.82. The summed E-state index contributed by atoms with van der Waals surface area (Å²) < 4.78 is 41.6. The van der Waals surface area contributed by atoms with Crippen LogP contribution in [0, 0.1) is 23.2 Å². The lowest BCUT2D eigenvalue weighted by molar-refractivity contribution is -0.241.